The lowest BCUT2D eigenvalue weighted by Crippen LogP contribution is -2.40. The summed E-state index contributed by atoms with van der Waals surface area (Å²) in [4.78, 5) is 15.8. The number of pyridine rings is 1. The SMILES string of the molecule is CNc1cc(C(=O)NC(C)(C)C)ccn1. The maximum absolute atomic E-state index is 11.8. The molecule has 0 fully saturated rings. The summed E-state index contributed by atoms with van der Waals surface area (Å²) in [5, 5.41) is 5.79. The molecule has 15 heavy (non-hydrogen) atoms. The molecule has 1 aromatic rings. The summed E-state index contributed by atoms with van der Waals surface area (Å²) < 4.78 is 0. The zero-order valence-electron chi connectivity index (χ0n) is 9.59. The first-order valence-corrected chi connectivity index (χ1v) is 4.89. The van der Waals surface area contributed by atoms with Crippen LogP contribution in [0.1, 0.15) is 31.1 Å². The van der Waals surface area contributed by atoms with Gasteiger partial charge in [-0.1, -0.05) is 0 Å². The van der Waals surface area contributed by atoms with Gasteiger partial charge in [0.2, 0.25) is 0 Å². The molecule has 0 aliphatic heterocycles. The number of amides is 1. The van der Waals surface area contributed by atoms with E-state index in [-0.39, 0.29) is 11.4 Å². The van der Waals surface area contributed by atoms with Gasteiger partial charge in [0.25, 0.3) is 5.91 Å². The van der Waals surface area contributed by atoms with Crippen molar-refractivity contribution in [2.24, 2.45) is 0 Å². The molecule has 0 unspecified atom stereocenters. The second kappa shape index (κ2) is 4.29. The second-order valence-corrected chi connectivity index (χ2v) is 4.38. The largest absolute Gasteiger partial charge is 0.373 e. The molecule has 1 amide bonds. The molecule has 1 aromatic heterocycles. The molecule has 1 heterocycles. The molecule has 0 aliphatic carbocycles. The second-order valence-electron chi connectivity index (χ2n) is 4.38. The van der Waals surface area contributed by atoms with Crippen LogP contribution in [0.25, 0.3) is 0 Å². The minimum absolute atomic E-state index is 0.0820. The van der Waals surface area contributed by atoms with E-state index in [2.05, 4.69) is 15.6 Å². The van der Waals surface area contributed by atoms with E-state index in [1.54, 1.807) is 25.4 Å². The number of anilines is 1. The molecule has 0 spiro atoms. The van der Waals surface area contributed by atoms with Crippen LogP contribution in [0.3, 0.4) is 0 Å². The molecule has 0 saturated heterocycles. The number of carbonyl (C=O) groups excluding carboxylic acids is 1. The maximum atomic E-state index is 11.8. The fourth-order valence-corrected chi connectivity index (χ4v) is 1.12. The topological polar surface area (TPSA) is 54.0 Å². The summed E-state index contributed by atoms with van der Waals surface area (Å²) in [6.45, 7) is 5.85. The van der Waals surface area contributed by atoms with Crippen molar-refractivity contribution in [3.8, 4) is 0 Å². The van der Waals surface area contributed by atoms with Crippen molar-refractivity contribution in [2.75, 3.05) is 12.4 Å². The van der Waals surface area contributed by atoms with E-state index in [1.165, 1.54) is 0 Å². The predicted octanol–water partition coefficient (Wildman–Crippen LogP) is 1.65. The number of carbonyl (C=O) groups is 1. The molecule has 82 valence electrons. The minimum Gasteiger partial charge on any atom is -0.373 e. The van der Waals surface area contributed by atoms with E-state index in [1.807, 2.05) is 20.8 Å². The van der Waals surface area contributed by atoms with Gasteiger partial charge in [-0.3, -0.25) is 4.79 Å². The van der Waals surface area contributed by atoms with Gasteiger partial charge in [0.05, 0.1) is 0 Å². The van der Waals surface area contributed by atoms with E-state index < -0.39 is 0 Å². The van der Waals surface area contributed by atoms with E-state index in [0.29, 0.717) is 11.4 Å². The third-order valence-corrected chi connectivity index (χ3v) is 1.77. The molecule has 0 radical (unpaired) electrons. The lowest BCUT2D eigenvalue weighted by Gasteiger charge is -2.20. The normalized spacial score (nSPS) is 10.9. The van der Waals surface area contributed by atoms with Gasteiger partial charge < -0.3 is 10.6 Å². The Kier molecular flexibility index (Phi) is 3.29. The van der Waals surface area contributed by atoms with Crippen LogP contribution in [0.5, 0.6) is 0 Å². The summed E-state index contributed by atoms with van der Waals surface area (Å²) in [7, 11) is 1.77. The van der Waals surface area contributed by atoms with Crippen molar-refractivity contribution in [1.29, 1.82) is 0 Å². The number of nitrogens with one attached hydrogen (secondary N) is 2. The van der Waals surface area contributed by atoms with Crippen LogP contribution in [0.4, 0.5) is 5.82 Å². The molecule has 0 atom stereocenters. The van der Waals surface area contributed by atoms with E-state index >= 15 is 0 Å². The van der Waals surface area contributed by atoms with Crippen molar-refractivity contribution in [2.45, 2.75) is 26.3 Å². The maximum Gasteiger partial charge on any atom is 0.251 e. The first-order chi connectivity index (χ1) is 6.92. The summed E-state index contributed by atoms with van der Waals surface area (Å²) in [6, 6.07) is 3.42. The lowest BCUT2D eigenvalue weighted by atomic mass is 10.1. The van der Waals surface area contributed by atoms with Crippen molar-refractivity contribution >= 4 is 11.7 Å². The van der Waals surface area contributed by atoms with Crippen molar-refractivity contribution in [1.82, 2.24) is 10.3 Å². The summed E-state index contributed by atoms with van der Waals surface area (Å²) in [5.41, 5.74) is 0.393. The molecule has 0 aromatic carbocycles. The Morgan fingerprint density at radius 1 is 1.40 bits per heavy atom. The van der Waals surface area contributed by atoms with Crippen LogP contribution in [0.15, 0.2) is 18.3 Å². The molecular weight excluding hydrogens is 190 g/mol. The average Bonchev–Trinajstić information content (AvgIpc) is 2.15. The summed E-state index contributed by atoms with van der Waals surface area (Å²) >= 11 is 0. The highest BCUT2D eigenvalue weighted by Crippen LogP contribution is 2.08. The predicted molar refractivity (Wildman–Crippen MR) is 61.0 cm³/mol. The smallest absolute Gasteiger partial charge is 0.251 e. The van der Waals surface area contributed by atoms with Crippen molar-refractivity contribution in [3.05, 3.63) is 23.9 Å². The molecule has 0 bridgehead atoms. The highest BCUT2D eigenvalue weighted by atomic mass is 16.1. The molecule has 4 heteroatoms. The first-order valence-electron chi connectivity index (χ1n) is 4.89. The Hall–Kier alpha value is -1.58. The number of hydrogen-bond acceptors (Lipinski definition) is 3. The highest BCUT2D eigenvalue weighted by molar-refractivity contribution is 5.95. The van der Waals surface area contributed by atoms with Gasteiger partial charge in [0.15, 0.2) is 0 Å². The van der Waals surface area contributed by atoms with Crippen LogP contribution in [0.2, 0.25) is 0 Å². The molecule has 0 aliphatic rings. The average molecular weight is 207 g/mol. The minimum atomic E-state index is -0.222. The zero-order valence-corrected chi connectivity index (χ0v) is 9.59. The van der Waals surface area contributed by atoms with Crippen LogP contribution < -0.4 is 10.6 Å². The Morgan fingerprint density at radius 2 is 2.07 bits per heavy atom. The van der Waals surface area contributed by atoms with Crippen LogP contribution in [0, 0.1) is 0 Å². The Labute approximate surface area is 90.1 Å². The van der Waals surface area contributed by atoms with Gasteiger partial charge in [-0.15, -0.1) is 0 Å². The monoisotopic (exact) mass is 207 g/mol. The Bertz CT molecular complexity index is 355. The van der Waals surface area contributed by atoms with Crippen molar-refractivity contribution in [3.63, 3.8) is 0 Å². The van der Waals surface area contributed by atoms with Gasteiger partial charge >= 0.3 is 0 Å². The molecular formula is C11H17N3O. The van der Waals surface area contributed by atoms with E-state index in [9.17, 15) is 4.79 Å². The quantitative estimate of drug-likeness (QED) is 0.775. The highest BCUT2D eigenvalue weighted by Gasteiger charge is 2.15. The van der Waals surface area contributed by atoms with E-state index in [0.717, 1.165) is 0 Å². The molecule has 4 nitrogen and oxygen atoms in total. The number of nitrogens with zero attached hydrogens (tertiary/aromatic N) is 1. The fourth-order valence-electron chi connectivity index (χ4n) is 1.12. The van der Waals surface area contributed by atoms with E-state index in [4.69, 9.17) is 0 Å². The molecule has 1 rings (SSSR count). The molecule has 0 saturated carbocycles. The van der Waals surface area contributed by atoms with Gasteiger partial charge in [0, 0.05) is 24.3 Å². The summed E-state index contributed by atoms with van der Waals surface area (Å²) in [5.74, 6) is 0.609. The van der Waals surface area contributed by atoms with Gasteiger partial charge in [-0.2, -0.15) is 0 Å². The lowest BCUT2D eigenvalue weighted by molar-refractivity contribution is 0.0919. The molecule has 2 N–H and O–H groups in total. The number of hydrogen-bond donors (Lipinski definition) is 2. The van der Waals surface area contributed by atoms with Gasteiger partial charge in [-0.25, -0.2) is 4.98 Å². The summed E-state index contributed by atoms with van der Waals surface area (Å²) in [6.07, 6.45) is 1.61. The van der Waals surface area contributed by atoms with Crippen molar-refractivity contribution < 1.29 is 4.79 Å². The number of aromatic nitrogens is 1. The third-order valence-electron chi connectivity index (χ3n) is 1.77. The first kappa shape index (κ1) is 11.5. The third kappa shape index (κ3) is 3.58. The Morgan fingerprint density at radius 3 is 2.60 bits per heavy atom. The van der Waals surface area contributed by atoms with Crippen LogP contribution in [-0.4, -0.2) is 23.5 Å². The Balaban J connectivity index is 2.82. The zero-order chi connectivity index (χ0) is 11.5. The standard InChI is InChI=1S/C11H17N3O/c1-11(2,3)14-10(15)8-5-6-13-9(7-8)12-4/h5-7H,1-4H3,(H,12,13)(H,14,15). The van der Waals surface area contributed by atoms with Gasteiger partial charge in [0.1, 0.15) is 5.82 Å². The van der Waals surface area contributed by atoms with Crippen LogP contribution >= 0.6 is 0 Å². The number of rotatable bonds is 2. The fraction of sp³-hybridized carbons (Fsp3) is 0.455. The van der Waals surface area contributed by atoms with Gasteiger partial charge in [-0.05, 0) is 32.9 Å². The van der Waals surface area contributed by atoms with Crippen LogP contribution in [-0.2, 0) is 0 Å².